The summed E-state index contributed by atoms with van der Waals surface area (Å²) in [5, 5.41) is 23.6. The van der Waals surface area contributed by atoms with E-state index < -0.39 is 0 Å². The van der Waals surface area contributed by atoms with Crippen LogP contribution in [0.25, 0.3) is 21.2 Å². The van der Waals surface area contributed by atoms with Gasteiger partial charge >= 0.3 is 0 Å². The number of halogens is 1. The molecule has 0 radical (unpaired) electrons. The van der Waals surface area contributed by atoms with Crippen molar-refractivity contribution in [3.63, 3.8) is 0 Å². The number of carbonyl (C=O) groups excluding carboxylic acids is 1. The number of fused-ring (bicyclic) bond motifs is 6. The molecule has 2 aromatic carbocycles. The monoisotopic (exact) mass is 1590 g/mol. The minimum Gasteiger partial charge on any atom is -0.475 e. The molecule has 3 heterocycles. The fourth-order valence-corrected chi connectivity index (χ4v) is 19.1. The lowest BCUT2D eigenvalue weighted by molar-refractivity contribution is -0.0572. The van der Waals surface area contributed by atoms with Crippen molar-refractivity contribution in [3.05, 3.63) is 106 Å². The number of carbonyl (C=O) groups is 1. The number of unbranched alkanes of at least 4 members (excludes halogenated alkanes) is 3. The van der Waals surface area contributed by atoms with Gasteiger partial charge in [-0.05, 0) is 166 Å². The summed E-state index contributed by atoms with van der Waals surface area (Å²) in [4.78, 5) is 21.5. The zero-order chi connectivity index (χ0) is 77.4. The van der Waals surface area contributed by atoms with E-state index in [-0.39, 0.29) is 18.1 Å². The number of hydrogen-bond acceptors (Lipinski definition) is 22. The van der Waals surface area contributed by atoms with Crippen LogP contribution in [0.3, 0.4) is 0 Å². The maximum atomic E-state index is 14.4. The molecule has 4 saturated carbocycles. The van der Waals surface area contributed by atoms with Gasteiger partial charge in [0.2, 0.25) is 5.88 Å². The van der Waals surface area contributed by atoms with Crippen LogP contribution in [0.2, 0.25) is 5.02 Å². The average molecular weight is 1590 g/mol. The number of pyridine rings is 1. The van der Waals surface area contributed by atoms with Crippen LogP contribution in [0.4, 0.5) is 0 Å². The van der Waals surface area contributed by atoms with Crippen molar-refractivity contribution in [2.45, 2.75) is 168 Å². The summed E-state index contributed by atoms with van der Waals surface area (Å²) >= 11 is 8.35. The van der Waals surface area contributed by atoms with Crippen LogP contribution in [-0.4, -0.2) is 246 Å². The molecule has 8 atom stereocenters. The SMILES string of the molecule is CNC1CCC(N(Cc2cccc(-c3ccnc(OCCOCCOCCOCCOCCOCCn4cc(COCCOCCOCCOCCOCCOCCOCCOCCOCCCCCC[C@@H](C)C5CC[C@H]6[C@@H]7CC=C8C[C@@H](O)CC[C@]8(C)[C@H]7CC[C@]56C)nn4)c3)c2)C(=O)c2sc3ccccc3c2Cl)CC1. The average Bonchev–Trinajstić information content (AvgIpc) is 1.69. The minimum absolute atomic E-state index is 0.0129. The number of allylic oxidation sites excluding steroid dienone is 1. The molecule has 0 spiro atoms. The van der Waals surface area contributed by atoms with Gasteiger partial charge in [0.05, 0.1) is 202 Å². The van der Waals surface area contributed by atoms with Crippen molar-refractivity contribution in [1.29, 1.82) is 0 Å². The van der Waals surface area contributed by atoms with E-state index in [1.807, 2.05) is 60.6 Å². The van der Waals surface area contributed by atoms with Crippen LogP contribution in [0.5, 0.6) is 5.88 Å². The Bertz CT molecular complexity index is 3420. The molecule has 0 bridgehead atoms. The Labute approximate surface area is 669 Å². The van der Waals surface area contributed by atoms with Gasteiger partial charge in [-0.3, -0.25) is 4.79 Å². The summed E-state index contributed by atoms with van der Waals surface area (Å²) in [5.41, 5.74) is 6.20. The molecule has 0 aliphatic heterocycles. The predicted molar refractivity (Wildman–Crippen MR) is 431 cm³/mol. The highest BCUT2D eigenvalue weighted by Crippen LogP contribution is 2.67. The van der Waals surface area contributed by atoms with Crippen molar-refractivity contribution in [1.82, 2.24) is 30.2 Å². The maximum Gasteiger partial charge on any atom is 0.266 e. The van der Waals surface area contributed by atoms with Crippen LogP contribution < -0.4 is 10.1 Å². The fraction of sp³-hybridized carbons (Fsp3) is 0.721. The van der Waals surface area contributed by atoms with E-state index in [2.05, 4.69) is 65.7 Å². The second-order valence-corrected chi connectivity index (χ2v) is 32.4. The zero-order valence-corrected chi connectivity index (χ0v) is 68.6. The Hall–Kier alpha value is -4.65. The molecule has 111 heavy (non-hydrogen) atoms. The molecule has 5 aliphatic carbocycles. The molecule has 25 heteroatoms. The first-order valence-corrected chi connectivity index (χ1v) is 42.9. The number of aliphatic hydroxyl groups is 1. The Morgan fingerprint density at radius 2 is 1.18 bits per heavy atom. The van der Waals surface area contributed by atoms with Crippen molar-refractivity contribution >= 4 is 38.9 Å². The van der Waals surface area contributed by atoms with E-state index >= 15 is 0 Å². The first-order valence-electron chi connectivity index (χ1n) is 41.7. The topological polar surface area (TPSA) is 235 Å². The molecule has 5 aliphatic rings. The van der Waals surface area contributed by atoms with Gasteiger partial charge in [-0.15, -0.1) is 16.4 Å². The van der Waals surface area contributed by atoms with Gasteiger partial charge in [-0.1, -0.05) is 111 Å². The second-order valence-electron chi connectivity index (χ2n) is 31.0. The van der Waals surface area contributed by atoms with E-state index in [9.17, 15) is 9.90 Å². The summed E-state index contributed by atoms with van der Waals surface area (Å²) in [5.74, 6) is 4.74. The fourth-order valence-electron chi connectivity index (χ4n) is 17.7. The number of rotatable bonds is 59. The number of amides is 1. The number of aliphatic hydroxyl groups excluding tert-OH is 1. The Morgan fingerprint density at radius 1 is 0.613 bits per heavy atom. The molecule has 1 amide bonds. The molecule has 23 nitrogen and oxygen atoms in total. The molecule has 4 fully saturated rings. The first-order chi connectivity index (χ1) is 54.5. The third-order valence-corrected chi connectivity index (χ3v) is 25.3. The van der Waals surface area contributed by atoms with E-state index in [0.29, 0.717) is 231 Å². The normalized spacial score (nSPS) is 22.7. The van der Waals surface area contributed by atoms with E-state index in [4.69, 9.17) is 82.7 Å². The van der Waals surface area contributed by atoms with E-state index in [0.717, 1.165) is 114 Å². The quantitative estimate of drug-likeness (QED) is 0.0272. The largest absolute Gasteiger partial charge is 0.475 e. The lowest BCUT2D eigenvalue weighted by atomic mass is 9.47. The Kier molecular flexibility index (Phi) is 40.0. The number of thiophene rings is 1. The summed E-state index contributed by atoms with van der Waals surface area (Å²) in [6.07, 6.45) is 26.3. The van der Waals surface area contributed by atoms with Crippen molar-refractivity contribution < 1.29 is 81.0 Å². The van der Waals surface area contributed by atoms with Gasteiger partial charge in [0.1, 0.15) is 17.2 Å². The van der Waals surface area contributed by atoms with Gasteiger partial charge in [0.15, 0.2) is 0 Å². The predicted octanol–water partition coefficient (Wildman–Crippen LogP) is 13.7. The third-order valence-electron chi connectivity index (χ3n) is 23.7. The highest BCUT2D eigenvalue weighted by atomic mass is 35.5. The van der Waals surface area contributed by atoms with Crippen molar-refractivity contribution in [2.75, 3.05) is 192 Å². The summed E-state index contributed by atoms with van der Waals surface area (Å²) in [6, 6.07) is 20.8. The lowest BCUT2D eigenvalue weighted by Gasteiger charge is -2.58. The molecule has 0 saturated heterocycles. The van der Waals surface area contributed by atoms with Gasteiger partial charge in [-0.2, -0.15) is 0 Å². The van der Waals surface area contributed by atoms with Crippen LogP contribution >= 0.6 is 22.9 Å². The number of nitrogens with one attached hydrogen (secondary N) is 1. The molecule has 5 aromatic rings. The lowest BCUT2D eigenvalue weighted by Crippen LogP contribution is -2.50. The van der Waals surface area contributed by atoms with Gasteiger partial charge in [0.25, 0.3) is 5.91 Å². The third kappa shape index (κ3) is 28.9. The first kappa shape index (κ1) is 88.7. The number of nitrogens with zero attached hydrogens (tertiary/aromatic N) is 5. The standard InChI is InChI=1S/C86H131ClN6O17S/c1-66(77-23-24-78-75-22-17-70-62-74(94)25-28-85(70,2)79(75)26-29-86(77,78)3)12-7-5-6-10-32-96-34-36-98-38-40-100-42-43-102-44-45-103-46-47-104-48-49-105-52-53-107-56-57-109-65-72-64-92(91-90-72)31-33-97-35-37-99-39-41-101-50-51-106-54-55-108-58-59-110-81-61-69(27-30-89-81)68-14-11-13-67(60-68)63-93(73-20-18-71(88-4)19-21-73)84(95)83-82(87)76-15-8-9-16-80(76)111-83/h8-9,11,13-17,27,30,60-61,64,66,71,73-75,77-79,88,94H,5-7,10,12,18-26,28-29,31-59,62-63,65H2,1-4H3/t66-,71?,73?,74+,75+,77?,78+,79+,85+,86-/m1/s1. The molecular formula is C86H131ClN6O17S. The number of aromatic nitrogens is 4. The minimum atomic E-state index is -0.119. The highest BCUT2D eigenvalue weighted by Gasteiger charge is 2.59. The van der Waals surface area contributed by atoms with Gasteiger partial charge in [-0.25, -0.2) is 9.67 Å². The van der Waals surface area contributed by atoms with Gasteiger partial charge < -0.3 is 86.4 Å². The van der Waals surface area contributed by atoms with Crippen LogP contribution in [0.15, 0.2) is 84.7 Å². The smallest absolute Gasteiger partial charge is 0.266 e. The summed E-state index contributed by atoms with van der Waals surface area (Å²) in [6.45, 7) is 22.9. The van der Waals surface area contributed by atoms with Crippen molar-refractivity contribution in [3.8, 4) is 17.0 Å². The highest BCUT2D eigenvalue weighted by molar-refractivity contribution is 7.21. The molecule has 10 rings (SSSR count). The second kappa shape index (κ2) is 50.1. The van der Waals surface area contributed by atoms with Gasteiger partial charge in [0, 0.05) is 47.6 Å². The molecule has 2 N–H and O–H groups in total. The van der Waals surface area contributed by atoms with Crippen LogP contribution in [0.1, 0.15) is 151 Å². The van der Waals surface area contributed by atoms with Crippen LogP contribution in [-0.2, 0) is 86.0 Å². The number of benzene rings is 2. The number of ether oxygens (including phenoxy) is 15. The maximum absolute atomic E-state index is 14.4. The van der Waals surface area contributed by atoms with E-state index in [1.165, 1.54) is 75.5 Å². The van der Waals surface area contributed by atoms with Crippen LogP contribution in [0, 0.1) is 40.4 Å². The molecular weight excluding hydrogens is 1460 g/mol. The molecule has 620 valence electrons. The summed E-state index contributed by atoms with van der Waals surface area (Å²) in [7, 11) is 2.01. The Morgan fingerprint density at radius 3 is 1.79 bits per heavy atom. The number of hydrogen-bond donors (Lipinski definition) is 2. The molecule has 1 unspecified atom stereocenters. The summed E-state index contributed by atoms with van der Waals surface area (Å²) < 4.78 is 88.1. The Balaban J connectivity index is 0.421. The zero-order valence-electron chi connectivity index (χ0n) is 67.1. The van der Waals surface area contributed by atoms with E-state index in [1.54, 1.807) is 16.5 Å². The molecule has 3 aromatic heterocycles. The van der Waals surface area contributed by atoms with Crippen molar-refractivity contribution in [2.24, 2.45) is 40.4 Å².